The molecule has 4 nitrogen and oxygen atoms in total. The number of ketones is 1. The predicted molar refractivity (Wildman–Crippen MR) is 46.8 cm³/mol. The van der Waals surface area contributed by atoms with E-state index in [2.05, 4.69) is 5.16 Å². The minimum atomic E-state index is -0.0811. The Hall–Kier alpha value is -1.32. The van der Waals surface area contributed by atoms with Crippen LogP contribution in [0.1, 0.15) is 31.3 Å². The van der Waals surface area contributed by atoms with Crippen molar-refractivity contribution in [3.63, 3.8) is 0 Å². The third kappa shape index (κ3) is 2.31. The Morgan fingerprint density at radius 2 is 2.38 bits per heavy atom. The summed E-state index contributed by atoms with van der Waals surface area (Å²) in [7, 11) is 0. The number of carbonyl (C=O) groups is 1. The van der Waals surface area contributed by atoms with Gasteiger partial charge in [-0.2, -0.15) is 0 Å². The molecule has 0 aliphatic rings. The van der Waals surface area contributed by atoms with Crippen LogP contribution in [0.15, 0.2) is 10.6 Å². The highest BCUT2D eigenvalue weighted by Gasteiger charge is 2.16. The van der Waals surface area contributed by atoms with Crippen molar-refractivity contribution in [3.05, 3.63) is 11.8 Å². The van der Waals surface area contributed by atoms with Crippen molar-refractivity contribution in [1.82, 2.24) is 5.16 Å². The first-order valence-electron chi connectivity index (χ1n) is 4.29. The maximum atomic E-state index is 11.4. The van der Waals surface area contributed by atoms with Crippen molar-refractivity contribution in [2.24, 2.45) is 5.92 Å². The highest BCUT2D eigenvalue weighted by Crippen LogP contribution is 2.14. The van der Waals surface area contributed by atoms with Crippen LogP contribution in [0.2, 0.25) is 0 Å². The van der Waals surface area contributed by atoms with E-state index in [-0.39, 0.29) is 17.5 Å². The van der Waals surface area contributed by atoms with Crippen LogP contribution in [0.3, 0.4) is 0 Å². The molecule has 0 amide bonds. The highest BCUT2D eigenvalue weighted by atomic mass is 16.5. The van der Waals surface area contributed by atoms with Gasteiger partial charge in [0, 0.05) is 5.92 Å². The minimum Gasteiger partial charge on any atom is -0.476 e. The molecule has 0 atom stereocenters. The molecule has 0 aliphatic carbocycles. The van der Waals surface area contributed by atoms with Crippen molar-refractivity contribution >= 4 is 5.78 Å². The monoisotopic (exact) mass is 183 g/mol. The largest absolute Gasteiger partial charge is 0.476 e. The van der Waals surface area contributed by atoms with Crippen molar-refractivity contribution in [2.45, 2.75) is 20.8 Å². The summed E-state index contributed by atoms with van der Waals surface area (Å²) in [6, 6.07) is 1.52. The molecule has 72 valence electrons. The summed E-state index contributed by atoms with van der Waals surface area (Å²) in [5.74, 6) is 0.492. The predicted octanol–water partition coefficient (Wildman–Crippen LogP) is 1.91. The molecule has 0 saturated carbocycles. The number of hydrogen-bond donors (Lipinski definition) is 0. The summed E-state index contributed by atoms with van der Waals surface area (Å²) >= 11 is 0. The molecular formula is C9H13NO3. The lowest BCUT2D eigenvalue weighted by atomic mass is 10.1. The number of aromatic nitrogens is 1. The number of Topliss-reactive ketones (excluding diaryl/α,β-unsaturated/α-hetero) is 1. The first kappa shape index (κ1) is 9.77. The molecular weight excluding hydrogens is 170 g/mol. The fourth-order valence-electron chi connectivity index (χ4n) is 0.876. The average molecular weight is 183 g/mol. The second-order valence-corrected chi connectivity index (χ2v) is 2.98. The second-order valence-electron chi connectivity index (χ2n) is 2.98. The van der Waals surface area contributed by atoms with E-state index in [4.69, 9.17) is 9.26 Å². The van der Waals surface area contributed by atoms with E-state index >= 15 is 0 Å². The van der Waals surface area contributed by atoms with E-state index in [0.29, 0.717) is 12.5 Å². The Labute approximate surface area is 76.9 Å². The normalized spacial score (nSPS) is 10.5. The van der Waals surface area contributed by atoms with Crippen molar-refractivity contribution in [3.8, 4) is 5.88 Å². The van der Waals surface area contributed by atoms with Gasteiger partial charge in [-0.1, -0.05) is 13.8 Å². The van der Waals surface area contributed by atoms with Crippen LogP contribution in [0.4, 0.5) is 0 Å². The molecule has 0 saturated heterocycles. The summed E-state index contributed by atoms with van der Waals surface area (Å²) in [6.07, 6.45) is 0. The molecule has 1 aromatic heterocycles. The number of carbonyl (C=O) groups excluding carboxylic acids is 1. The van der Waals surface area contributed by atoms with Crippen LogP contribution in [0.25, 0.3) is 0 Å². The Morgan fingerprint density at radius 1 is 1.69 bits per heavy atom. The molecule has 0 aromatic carbocycles. The maximum Gasteiger partial charge on any atom is 0.254 e. The molecule has 0 unspecified atom stereocenters. The first-order valence-corrected chi connectivity index (χ1v) is 4.29. The lowest BCUT2D eigenvalue weighted by Crippen LogP contribution is -2.05. The van der Waals surface area contributed by atoms with Gasteiger partial charge in [0.25, 0.3) is 5.88 Å². The van der Waals surface area contributed by atoms with Crippen molar-refractivity contribution in [1.29, 1.82) is 0 Å². The lowest BCUT2D eigenvalue weighted by molar-refractivity contribution is 0.0902. The standard InChI is InChI=1S/C9H13NO3/c1-4-12-8-5-7(13-10-8)9(11)6(2)3/h5-6H,4H2,1-3H3. The molecule has 1 aromatic rings. The van der Waals surface area contributed by atoms with Gasteiger partial charge in [-0.25, -0.2) is 0 Å². The molecule has 13 heavy (non-hydrogen) atoms. The van der Waals surface area contributed by atoms with E-state index in [1.165, 1.54) is 6.07 Å². The first-order chi connectivity index (χ1) is 6.15. The molecule has 0 fully saturated rings. The zero-order valence-corrected chi connectivity index (χ0v) is 8.03. The van der Waals surface area contributed by atoms with E-state index in [0.717, 1.165) is 0 Å². The Kier molecular flexibility index (Phi) is 3.06. The van der Waals surface area contributed by atoms with Crippen LogP contribution in [0, 0.1) is 5.92 Å². The molecule has 4 heteroatoms. The van der Waals surface area contributed by atoms with Gasteiger partial charge >= 0.3 is 0 Å². The van der Waals surface area contributed by atoms with Gasteiger partial charge in [0.1, 0.15) is 0 Å². The summed E-state index contributed by atoms with van der Waals surface area (Å²) in [4.78, 5) is 11.4. The third-order valence-corrected chi connectivity index (χ3v) is 1.55. The van der Waals surface area contributed by atoms with Gasteiger partial charge in [0.15, 0.2) is 0 Å². The topological polar surface area (TPSA) is 52.3 Å². The molecule has 0 aliphatic heterocycles. The Bertz CT molecular complexity index is 291. The van der Waals surface area contributed by atoms with Gasteiger partial charge in [0.2, 0.25) is 11.5 Å². The fraction of sp³-hybridized carbons (Fsp3) is 0.556. The molecule has 0 N–H and O–H groups in total. The number of hydrogen-bond acceptors (Lipinski definition) is 4. The van der Waals surface area contributed by atoms with Crippen LogP contribution in [-0.4, -0.2) is 17.5 Å². The molecule has 0 spiro atoms. The quantitative estimate of drug-likeness (QED) is 0.669. The maximum absolute atomic E-state index is 11.4. The number of rotatable bonds is 4. The van der Waals surface area contributed by atoms with Crippen LogP contribution < -0.4 is 4.74 Å². The van der Waals surface area contributed by atoms with Gasteiger partial charge in [0.05, 0.1) is 12.7 Å². The van der Waals surface area contributed by atoms with E-state index in [1.807, 2.05) is 20.8 Å². The third-order valence-electron chi connectivity index (χ3n) is 1.55. The Balaban J connectivity index is 2.73. The highest BCUT2D eigenvalue weighted by molar-refractivity contribution is 5.94. The molecule has 1 rings (SSSR count). The summed E-state index contributed by atoms with van der Waals surface area (Å²) in [6.45, 7) is 5.98. The average Bonchev–Trinajstić information content (AvgIpc) is 2.52. The Morgan fingerprint density at radius 3 is 2.92 bits per heavy atom. The van der Waals surface area contributed by atoms with E-state index < -0.39 is 0 Å². The van der Waals surface area contributed by atoms with Crippen LogP contribution >= 0.6 is 0 Å². The lowest BCUT2D eigenvalue weighted by Gasteiger charge is -1.96. The van der Waals surface area contributed by atoms with Crippen molar-refractivity contribution < 1.29 is 14.1 Å². The molecule has 0 radical (unpaired) electrons. The van der Waals surface area contributed by atoms with E-state index in [9.17, 15) is 4.79 Å². The minimum absolute atomic E-state index is 0.0570. The zero-order chi connectivity index (χ0) is 9.84. The van der Waals surface area contributed by atoms with Gasteiger partial charge in [-0.05, 0) is 12.1 Å². The van der Waals surface area contributed by atoms with E-state index in [1.54, 1.807) is 0 Å². The summed E-state index contributed by atoms with van der Waals surface area (Å²) < 4.78 is 9.88. The second kappa shape index (κ2) is 4.07. The summed E-state index contributed by atoms with van der Waals surface area (Å²) in [5, 5.41) is 3.59. The SMILES string of the molecule is CCOc1cc(C(=O)C(C)C)on1. The smallest absolute Gasteiger partial charge is 0.254 e. The van der Waals surface area contributed by atoms with Crippen molar-refractivity contribution in [2.75, 3.05) is 6.61 Å². The fourth-order valence-corrected chi connectivity index (χ4v) is 0.876. The van der Waals surface area contributed by atoms with Crippen LogP contribution in [0.5, 0.6) is 5.88 Å². The number of nitrogens with zero attached hydrogens (tertiary/aromatic N) is 1. The van der Waals surface area contributed by atoms with Crippen LogP contribution in [-0.2, 0) is 0 Å². The van der Waals surface area contributed by atoms with Gasteiger partial charge in [-0.15, -0.1) is 0 Å². The molecule has 1 heterocycles. The van der Waals surface area contributed by atoms with Gasteiger partial charge < -0.3 is 9.26 Å². The summed E-state index contributed by atoms with van der Waals surface area (Å²) in [5.41, 5.74) is 0. The molecule has 0 bridgehead atoms. The zero-order valence-electron chi connectivity index (χ0n) is 8.03. The van der Waals surface area contributed by atoms with Gasteiger partial charge in [-0.3, -0.25) is 4.79 Å². The number of ether oxygens (including phenoxy) is 1.